The first-order valence-corrected chi connectivity index (χ1v) is 10.7. The SMILES string of the molecule is COc1cc(=O)n2c(c1C(=O)NCc1nonc1C)CCN(Cc1ccccc1Cl)CC2. The molecular formula is C22H24ClN5O4. The van der Waals surface area contributed by atoms with Gasteiger partial charge >= 0.3 is 0 Å². The third kappa shape index (κ3) is 4.53. The summed E-state index contributed by atoms with van der Waals surface area (Å²) in [5.74, 6) is -0.0825. The average Bonchev–Trinajstić information content (AvgIpc) is 3.08. The topological polar surface area (TPSA) is 102 Å². The summed E-state index contributed by atoms with van der Waals surface area (Å²) in [7, 11) is 1.45. The van der Waals surface area contributed by atoms with Crippen LogP contribution in [0.3, 0.4) is 0 Å². The first-order valence-electron chi connectivity index (χ1n) is 10.3. The molecule has 32 heavy (non-hydrogen) atoms. The standard InChI is InChI=1S/C22H24ClN5O4/c1-14-17(26-32-25-14)12-24-22(30)21-18-7-8-27(13-15-5-3-4-6-16(15)23)9-10-28(18)20(29)11-19(21)31-2/h3-6,11H,7-10,12-13H2,1-2H3,(H,24,30). The van der Waals surface area contributed by atoms with Crippen molar-refractivity contribution < 1.29 is 14.2 Å². The van der Waals surface area contributed by atoms with Crippen LogP contribution in [0.1, 0.15) is 33.0 Å². The monoisotopic (exact) mass is 457 g/mol. The lowest BCUT2D eigenvalue weighted by Crippen LogP contribution is -2.31. The molecule has 0 aliphatic carbocycles. The second-order valence-corrected chi connectivity index (χ2v) is 8.03. The zero-order valence-electron chi connectivity index (χ0n) is 17.9. The maximum Gasteiger partial charge on any atom is 0.257 e. The summed E-state index contributed by atoms with van der Waals surface area (Å²) in [5, 5.41) is 11.1. The number of pyridine rings is 1. The quantitative estimate of drug-likeness (QED) is 0.605. The number of benzene rings is 1. The van der Waals surface area contributed by atoms with E-state index in [0.29, 0.717) is 60.3 Å². The van der Waals surface area contributed by atoms with Crippen LogP contribution in [0.5, 0.6) is 5.75 Å². The second kappa shape index (κ2) is 9.54. The van der Waals surface area contributed by atoms with Crippen LogP contribution in [-0.4, -0.2) is 45.9 Å². The highest BCUT2D eigenvalue weighted by molar-refractivity contribution is 6.31. The summed E-state index contributed by atoms with van der Waals surface area (Å²) < 4.78 is 11.7. The number of aromatic nitrogens is 3. The number of halogens is 1. The van der Waals surface area contributed by atoms with E-state index in [4.69, 9.17) is 16.3 Å². The van der Waals surface area contributed by atoms with Gasteiger partial charge in [0.05, 0.1) is 13.7 Å². The molecule has 0 atom stereocenters. The number of rotatable bonds is 6. The molecule has 0 saturated heterocycles. The third-order valence-electron chi connectivity index (χ3n) is 5.65. The van der Waals surface area contributed by atoms with Gasteiger partial charge in [-0.25, -0.2) is 4.63 Å². The number of hydrogen-bond donors (Lipinski definition) is 1. The summed E-state index contributed by atoms with van der Waals surface area (Å²) >= 11 is 6.33. The van der Waals surface area contributed by atoms with E-state index < -0.39 is 0 Å². The average molecular weight is 458 g/mol. The molecule has 0 bridgehead atoms. The van der Waals surface area contributed by atoms with Crippen molar-refractivity contribution in [1.82, 2.24) is 25.1 Å². The van der Waals surface area contributed by atoms with Crippen LogP contribution in [0.4, 0.5) is 0 Å². The van der Waals surface area contributed by atoms with Gasteiger partial charge in [-0.3, -0.25) is 14.5 Å². The molecule has 1 amide bonds. The van der Waals surface area contributed by atoms with Gasteiger partial charge < -0.3 is 14.6 Å². The van der Waals surface area contributed by atoms with Gasteiger partial charge in [0.2, 0.25) is 0 Å². The summed E-state index contributed by atoms with van der Waals surface area (Å²) in [4.78, 5) is 28.1. The largest absolute Gasteiger partial charge is 0.496 e. The van der Waals surface area contributed by atoms with Gasteiger partial charge in [-0.2, -0.15) is 0 Å². The zero-order valence-corrected chi connectivity index (χ0v) is 18.7. The fourth-order valence-electron chi connectivity index (χ4n) is 3.89. The number of hydrogen-bond acceptors (Lipinski definition) is 7. The highest BCUT2D eigenvalue weighted by Crippen LogP contribution is 2.24. The van der Waals surface area contributed by atoms with Gasteiger partial charge in [-0.05, 0) is 18.6 Å². The molecule has 1 aliphatic heterocycles. The summed E-state index contributed by atoms with van der Waals surface area (Å²) in [5.41, 5.74) is 3.01. The van der Waals surface area contributed by atoms with Crippen molar-refractivity contribution in [2.75, 3.05) is 20.2 Å². The molecule has 1 aliphatic rings. The summed E-state index contributed by atoms with van der Waals surface area (Å²) in [6.45, 7) is 4.38. The molecular weight excluding hydrogens is 434 g/mol. The van der Waals surface area contributed by atoms with Gasteiger partial charge in [0, 0.05) is 49.4 Å². The Morgan fingerprint density at radius 3 is 2.78 bits per heavy atom. The van der Waals surface area contributed by atoms with E-state index in [2.05, 4.69) is 25.2 Å². The van der Waals surface area contributed by atoms with Crippen molar-refractivity contribution in [2.45, 2.75) is 33.0 Å². The van der Waals surface area contributed by atoms with Crippen molar-refractivity contribution in [3.8, 4) is 5.75 Å². The first kappa shape index (κ1) is 22.0. The van der Waals surface area contributed by atoms with Gasteiger partial charge in [-0.1, -0.05) is 40.1 Å². The lowest BCUT2D eigenvalue weighted by molar-refractivity contribution is 0.0944. The maximum atomic E-state index is 13.1. The maximum absolute atomic E-state index is 13.1. The molecule has 3 heterocycles. The predicted molar refractivity (Wildman–Crippen MR) is 118 cm³/mol. The summed E-state index contributed by atoms with van der Waals surface area (Å²) in [6, 6.07) is 9.09. The van der Waals surface area contributed by atoms with Gasteiger partial charge in [0.25, 0.3) is 11.5 Å². The molecule has 9 nitrogen and oxygen atoms in total. The Bertz CT molecular complexity index is 1190. The predicted octanol–water partition coefficient (Wildman–Crippen LogP) is 2.19. The molecule has 0 unspecified atom stereocenters. The minimum Gasteiger partial charge on any atom is -0.496 e. The number of ether oxygens (including phenoxy) is 1. The van der Waals surface area contributed by atoms with E-state index in [1.807, 2.05) is 24.3 Å². The molecule has 3 aromatic rings. The van der Waals surface area contributed by atoms with Crippen molar-refractivity contribution in [2.24, 2.45) is 0 Å². The lowest BCUT2D eigenvalue weighted by atomic mass is 10.1. The highest BCUT2D eigenvalue weighted by Gasteiger charge is 2.25. The van der Waals surface area contributed by atoms with Gasteiger partial charge in [0.1, 0.15) is 22.7 Å². The number of nitrogens with zero attached hydrogens (tertiary/aromatic N) is 4. The van der Waals surface area contributed by atoms with Crippen LogP contribution in [0.15, 0.2) is 39.8 Å². The Hall–Kier alpha value is -3.17. The Morgan fingerprint density at radius 1 is 1.25 bits per heavy atom. The first-order chi connectivity index (χ1) is 15.5. The highest BCUT2D eigenvalue weighted by atomic mass is 35.5. The molecule has 10 heteroatoms. The Labute approximate surface area is 189 Å². The summed E-state index contributed by atoms with van der Waals surface area (Å²) in [6.07, 6.45) is 0.518. The van der Waals surface area contributed by atoms with Crippen LogP contribution in [-0.2, 0) is 26.1 Å². The zero-order chi connectivity index (χ0) is 22.7. The normalized spacial score (nSPS) is 14.0. The Balaban J connectivity index is 1.59. The molecule has 1 aromatic carbocycles. The van der Waals surface area contributed by atoms with E-state index in [-0.39, 0.29) is 23.8 Å². The molecule has 0 fully saturated rings. The Morgan fingerprint density at radius 2 is 2.06 bits per heavy atom. The molecule has 168 valence electrons. The smallest absolute Gasteiger partial charge is 0.257 e. The minimum atomic E-state index is -0.340. The number of nitrogens with one attached hydrogen (secondary N) is 1. The van der Waals surface area contributed by atoms with Crippen LogP contribution in [0, 0.1) is 6.92 Å². The molecule has 4 rings (SSSR count). The molecule has 0 spiro atoms. The number of carbonyl (C=O) groups is 1. The fraction of sp³-hybridized carbons (Fsp3) is 0.364. The lowest BCUT2D eigenvalue weighted by Gasteiger charge is -2.20. The second-order valence-electron chi connectivity index (χ2n) is 7.62. The number of carbonyl (C=O) groups excluding carboxylic acids is 1. The van der Waals surface area contributed by atoms with Crippen molar-refractivity contribution >= 4 is 17.5 Å². The molecule has 0 radical (unpaired) electrons. The van der Waals surface area contributed by atoms with Crippen LogP contribution < -0.4 is 15.6 Å². The van der Waals surface area contributed by atoms with Gasteiger partial charge in [-0.15, -0.1) is 0 Å². The number of aryl methyl sites for hydroxylation is 1. The van der Waals surface area contributed by atoms with Crippen LogP contribution >= 0.6 is 11.6 Å². The van der Waals surface area contributed by atoms with E-state index in [0.717, 1.165) is 5.56 Å². The van der Waals surface area contributed by atoms with E-state index in [9.17, 15) is 9.59 Å². The van der Waals surface area contributed by atoms with Crippen LogP contribution in [0.25, 0.3) is 0 Å². The van der Waals surface area contributed by atoms with E-state index in [1.54, 1.807) is 11.5 Å². The molecule has 2 aromatic heterocycles. The Kier molecular flexibility index (Phi) is 6.57. The van der Waals surface area contributed by atoms with Crippen LogP contribution in [0.2, 0.25) is 5.02 Å². The van der Waals surface area contributed by atoms with Gasteiger partial charge in [0.15, 0.2) is 0 Å². The molecule has 1 N–H and O–H groups in total. The van der Waals surface area contributed by atoms with Crippen molar-refractivity contribution in [3.63, 3.8) is 0 Å². The van der Waals surface area contributed by atoms with Crippen molar-refractivity contribution in [3.05, 3.63) is 73.9 Å². The van der Waals surface area contributed by atoms with E-state index >= 15 is 0 Å². The number of methoxy groups -OCH3 is 1. The third-order valence-corrected chi connectivity index (χ3v) is 6.02. The number of fused-ring (bicyclic) bond motifs is 1. The van der Waals surface area contributed by atoms with Crippen molar-refractivity contribution in [1.29, 1.82) is 0 Å². The number of amides is 1. The minimum absolute atomic E-state index is 0.161. The van der Waals surface area contributed by atoms with E-state index in [1.165, 1.54) is 13.2 Å². The fourth-order valence-corrected chi connectivity index (χ4v) is 4.08. The molecule has 0 saturated carbocycles.